The van der Waals surface area contributed by atoms with Crippen LogP contribution in [0.1, 0.15) is 53.0 Å². The summed E-state index contributed by atoms with van der Waals surface area (Å²) in [7, 11) is 0. The van der Waals surface area contributed by atoms with Crippen LogP contribution < -0.4 is 5.32 Å². The Morgan fingerprint density at radius 3 is 2.61 bits per heavy atom. The highest BCUT2D eigenvalue weighted by molar-refractivity contribution is 5.89. The molecule has 0 aromatic heterocycles. The van der Waals surface area contributed by atoms with Gasteiger partial charge in [0.05, 0.1) is 17.3 Å². The molecule has 3 fully saturated rings. The lowest BCUT2D eigenvalue weighted by Crippen LogP contribution is -2.60. The molecule has 0 radical (unpaired) electrons. The standard InChI is InChI=1S/C30H39NO5/c1-18-10-9-13-22-26-29(5,36-26)19(2)25-23(16-21-11-7-6-8-12-21)31-27(33)30(22,25)24(35-20(3)32)14-15-28(4,34)17-18/h6-9,11-15,18-19,22-26,34H,10,16-17H2,1-5H3,(H,31,33)/b13-9+,15-14+/t18-,19-,22-,23-,24+,25-,26-,28-,29+,30+/m0/s1. The summed E-state index contributed by atoms with van der Waals surface area (Å²) >= 11 is 0. The lowest BCUT2D eigenvalue weighted by molar-refractivity contribution is -0.162. The SMILES string of the molecule is CC(=O)O[C@@H]1/C=C/[C@](C)(O)C[C@@H](C)C/C=C/[C@H]2[C@@H]3O[C@]3(C)[C@@H](C)[C@H]3[C@H](Cc4ccccc4)NC(=O)[C@@]312. The number of epoxide rings is 1. The highest BCUT2D eigenvalue weighted by Gasteiger charge is 2.78. The van der Waals surface area contributed by atoms with E-state index in [0.29, 0.717) is 12.8 Å². The normalized spacial score (nSPS) is 47.3. The Kier molecular flexibility index (Phi) is 6.19. The summed E-state index contributed by atoms with van der Waals surface area (Å²) < 4.78 is 12.4. The summed E-state index contributed by atoms with van der Waals surface area (Å²) in [5.41, 5.74) is -1.31. The fourth-order valence-corrected chi connectivity index (χ4v) is 7.54. The molecule has 1 aromatic carbocycles. The molecule has 1 saturated carbocycles. The molecule has 1 amide bonds. The van der Waals surface area contributed by atoms with E-state index in [-0.39, 0.29) is 47.3 Å². The molecule has 194 valence electrons. The molecule has 0 bridgehead atoms. The summed E-state index contributed by atoms with van der Waals surface area (Å²) in [6, 6.07) is 10.0. The summed E-state index contributed by atoms with van der Waals surface area (Å²) in [6.07, 6.45) is 8.86. The Balaban J connectivity index is 1.68. The summed E-state index contributed by atoms with van der Waals surface area (Å²) in [5.74, 6) is -0.642. The van der Waals surface area contributed by atoms with Gasteiger partial charge >= 0.3 is 5.97 Å². The number of aliphatic hydroxyl groups is 1. The summed E-state index contributed by atoms with van der Waals surface area (Å²) in [4.78, 5) is 26.7. The van der Waals surface area contributed by atoms with E-state index in [9.17, 15) is 14.7 Å². The van der Waals surface area contributed by atoms with Crippen molar-refractivity contribution in [2.45, 2.75) is 83.3 Å². The number of ether oxygens (including phenoxy) is 2. The average molecular weight is 494 g/mol. The molecule has 36 heavy (non-hydrogen) atoms. The lowest BCUT2D eigenvalue weighted by atomic mass is 9.51. The monoisotopic (exact) mass is 493 g/mol. The number of hydrogen-bond donors (Lipinski definition) is 2. The van der Waals surface area contributed by atoms with Crippen molar-refractivity contribution in [3.8, 4) is 0 Å². The molecule has 1 spiro atoms. The second-order valence-corrected chi connectivity index (χ2v) is 12.0. The number of benzene rings is 1. The van der Waals surface area contributed by atoms with Gasteiger partial charge in [0.2, 0.25) is 5.91 Å². The fourth-order valence-electron chi connectivity index (χ4n) is 7.54. The number of carbonyl (C=O) groups is 2. The quantitative estimate of drug-likeness (QED) is 0.378. The smallest absolute Gasteiger partial charge is 0.303 e. The minimum Gasteiger partial charge on any atom is -0.457 e. The van der Waals surface area contributed by atoms with Crippen molar-refractivity contribution >= 4 is 11.9 Å². The van der Waals surface area contributed by atoms with Crippen LogP contribution in [0.3, 0.4) is 0 Å². The van der Waals surface area contributed by atoms with E-state index < -0.39 is 23.1 Å². The number of nitrogens with one attached hydrogen (secondary N) is 1. The molecule has 0 unspecified atom stereocenters. The number of allylic oxidation sites excluding steroid dienone is 1. The summed E-state index contributed by atoms with van der Waals surface area (Å²) in [5, 5.41) is 14.5. The molecule has 2 aliphatic carbocycles. The van der Waals surface area contributed by atoms with E-state index in [4.69, 9.17) is 9.47 Å². The first-order chi connectivity index (χ1) is 17.0. The van der Waals surface area contributed by atoms with Gasteiger partial charge in [-0.2, -0.15) is 0 Å². The number of fused-ring (bicyclic) bond motifs is 2. The minimum atomic E-state index is -1.08. The maximum Gasteiger partial charge on any atom is 0.303 e. The van der Waals surface area contributed by atoms with Crippen molar-refractivity contribution in [1.29, 1.82) is 0 Å². The van der Waals surface area contributed by atoms with Crippen molar-refractivity contribution in [3.05, 3.63) is 60.2 Å². The first-order valence-electron chi connectivity index (χ1n) is 13.3. The zero-order valence-electron chi connectivity index (χ0n) is 21.9. The highest BCUT2D eigenvalue weighted by Crippen LogP contribution is 2.67. The van der Waals surface area contributed by atoms with E-state index in [1.54, 1.807) is 19.1 Å². The summed E-state index contributed by atoms with van der Waals surface area (Å²) in [6.45, 7) is 9.59. The van der Waals surface area contributed by atoms with Crippen LogP contribution in [-0.4, -0.2) is 46.4 Å². The number of esters is 1. The molecule has 2 aliphatic heterocycles. The van der Waals surface area contributed by atoms with Gasteiger partial charge in [-0.05, 0) is 56.6 Å². The van der Waals surface area contributed by atoms with Gasteiger partial charge in [0, 0.05) is 24.8 Å². The number of amides is 1. The minimum absolute atomic E-state index is 0.0517. The molecule has 2 heterocycles. The van der Waals surface area contributed by atoms with Crippen molar-refractivity contribution in [2.24, 2.45) is 29.1 Å². The maximum absolute atomic E-state index is 14.3. The molecule has 5 rings (SSSR count). The number of hydrogen-bond acceptors (Lipinski definition) is 5. The molecule has 4 aliphatic rings. The first-order valence-corrected chi connectivity index (χ1v) is 13.3. The lowest BCUT2D eigenvalue weighted by Gasteiger charge is -2.49. The molecule has 2 saturated heterocycles. The zero-order chi connectivity index (χ0) is 25.9. The third kappa shape index (κ3) is 4.03. The third-order valence-corrected chi connectivity index (χ3v) is 9.24. The van der Waals surface area contributed by atoms with Gasteiger partial charge in [0.25, 0.3) is 0 Å². The molecule has 2 N–H and O–H groups in total. The van der Waals surface area contributed by atoms with Gasteiger partial charge in [-0.25, -0.2) is 0 Å². The highest BCUT2D eigenvalue weighted by atomic mass is 16.6. The topological polar surface area (TPSA) is 88.2 Å². The molecule has 10 atom stereocenters. The van der Waals surface area contributed by atoms with E-state index in [2.05, 4.69) is 50.4 Å². The van der Waals surface area contributed by atoms with Crippen molar-refractivity contribution < 1.29 is 24.2 Å². The molecule has 6 nitrogen and oxygen atoms in total. The van der Waals surface area contributed by atoms with Crippen LogP contribution in [-0.2, 0) is 25.5 Å². The predicted octanol–water partition coefficient (Wildman–Crippen LogP) is 3.98. The second-order valence-electron chi connectivity index (χ2n) is 12.0. The van der Waals surface area contributed by atoms with Crippen LogP contribution >= 0.6 is 0 Å². The molecule has 6 heteroatoms. The maximum atomic E-state index is 14.3. The van der Waals surface area contributed by atoms with Crippen LogP contribution in [0.4, 0.5) is 0 Å². The van der Waals surface area contributed by atoms with Gasteiger partial charge in [0.15, 0.2) is 0 Å². The Morgan fingerprint density at radius 2 is 1.92 bits per heavy atom. The van der Waals surface area contributed by atoms with Gasteiger partial charge in [-0.15, -0.1) is 0 Å². The number of carbonyl (C=O) groups excluding carboxylic acids is 2. The van der Waals surface area contributed by atoms with Gasteiger partial charge in [-0.3, -0.25) is 9.59 Å². The van der Waals surface area contributed by atoms with Crippen LogP contribution in [0.5, 0.6) is 0 Å². The number of rotatable bonds is 3. The Hall–Kier alpha value is -2.44. The second kappa shape index (κ2) is 8.84. The average Bonchev–Trinajstić information content (AvgIpc) is 3.42. The first kappa shape index (κ1) is 25.2. The van der Waals surface area contributed by atoms with Crippen LogP contribution in [0.25, 0.3) is 0 Å². The van der Waals surface area contributed by atoms with E-state index >= 15 is 0 Å². The zero-order valence-corrected chi connectivity index (χ0v) is 21.9. The Bertz CT molecular complexity index is 1080. The van der Waals surface area contributed by atoms with E-state index in [1.807, 2.05) is 18.2 Å². The Morgan fingerprint density at radius 1 is 1.19 bits per heavy atom. The van der Waals surface area contributed by atoms with E-state index in [0.717, 1.165) is 12.0 Å². The van der Waals surface area contributed by atoms with Crippen LogP contribution in [0.2, 0.25) is 0 Å². The molecule has 1 aromatic rings. The predicted molar refractivity (Wildman–Crippen MR) is 137 cm³/mol. The largest absolute Gasteiger partial charge is 0.457 e. The molecular weight excluding hydrogens is 454 g/mol. The Labute approximate surface area is 214 Å². The van der Waals surface area contributed by atoms with Crippen LogP contribution in [0.15, 0.2) is 54.6 Å². The van der Waals surface area contributed by atoms with Gasteiger partial charge < -0.3 is 19.9 Å². The third-order valence-electron chi connectivity index (χ3n) is 9.24. The van der Waals surface area contributed by atoms with Crippen molar-refractivity contribution in [3.63, 3.8) is 0 Å². The molecular formula is C30H39NO5. The van der Waals surface area contributed by atoms with Crippen LogP contribution in [0, 0.1) is 29.1 Å². The van der Waals surface area contributed by atoms with Crippen molar-refractivity contribution in [2.75, 3.05) is 0 Å². The van der Waals surface area contributed by atoms with Gasteiger partial charge in [0.1, 0.15) is 11.5 Å². The fraction of sp³-hybridized carbons (Fsp3) is 0.600. The van der Waals surface area contributed by atoms with Gasteiger partial charge in [-0.1, -0.05) is 62.4 Å². The van der Waals surface area contributed by atoms with E-state index in [1.165, 1.54) is 6.92 Å². The van der Waals surface area contributed by atoms with Crippen molar-refractivity contribution in [1.82, 2.24) is 5.32 Å².